The molecule has 1 aliphatic carbocycles. The monoisotopic (exact) mass is 779 g/mol. The minimum atomic E-state index is -2.70. The number of amides is 4. The van der Waals surface area contributed by atoms with E-state index in [4.69, 9.17) is 9.84 Å². The SMILES string of the molecule is CN(C1CCC(/C=[N+]2\C=c3cc(NC(=O)c4cnn5cccnc45)c(OCC(F)F)cc3=N2)CC1)C1CN(c2ccc3c(c2)CN(C2CCC(=O)NC2=O)C3=O)C1. The Labute approximate surface area is 325 Å². The largest absolute Gasteiger partial charge is 0.485 e. The van der Waals surface area contributed by atoms with Crippen LogP contribution in [0.5, 0.6) is 5.75 Å². The van der Waals surface area contributed by atoms with Crippen LogP contribution in [-0.4, -0.2) is 110 Å². The normalized spacial score (nSPS) is 22.7. The summed E-state index contributed by atoms with van der Waals surface area (Å²) in [5.74, 6) is -0.980. The zero-order valence-electron chi connectivity index (χ0n) is 31.2. The van der Waals surface area contributed by atoms with Gasteiger partial charge in [0.1, 0.15) is 29.3 Å². The Balaban J connectivity index is 0.806. The number of nitrogens with one attached hydrogen (secondary N) is 2. The highest BCUT2D eigenvalue weighted by Gasteiger charge is 2.40. The molecule has 6 heterocycles. The van der Waals surface area contributed by atoms with E-state index in [1.807, 2.05) is 18.3 Å². The van der Waals surface area contributed by atoms with E-state index in [2.05, 4.69) is 49.8 Å². The molecule has 5 aliphatic rings. The molecule has 3 fully saturated rings. The third kappa shape index (κ3) is 7.11. The lowest BCUT2D eigenvalue weighted by atomic mass is 9.85. The van der Waals surface area contributed by atoms with Gasteiger partial charge in [0.15, 0.2) is 11.9 Å². The molecule has 1 atom stereocenters. The maximum Gasteiger partial charge on any atom is 0.272 e. The van der Waals surface area contributed by atoms with Gasteiger partial charge in [0.25, 0.3) is 18.2 Å². The smallest absolute Gasteiger partial charge is 0.272 e. The van der Waals surface area contributed by atoms with Crippen LogP contribution in [0.15, 0.2) is 60.1 Å². The van der Waals surface area contributed by atoms with Gasteiger partial charge >= 0.3 is 0 Å². The standard InChI is InChI=1S/C40H40F2N10O5/c1-48(28-20-49(21-28)27-7-8-29-24(13-27)19-51(40(29)56)33-9-10-36(53)46-39(33)55)26-5-3-23(4-6-26)17-50-18-25-14-32(34(15-31(25)47-50)57-22-35(41)42)45-38(54)30-16-44-52-12-2-11-43-37(30)52/h2,7-8,11-18,23,26,28,33,35H,3-6,9-10,19-22H2,1H3,(H-,45,46,53,54,55)/p+1/b50-17+. The van der Waals surface area contributed by atoms with Gasteiger partial charge in [-0.05, 0) is 75.0 Å². The summed E-state index contributed by atoms with van der Waals surface area (Å²) in [6.45, 7) is 1.29. The maximum atomic E-state index is 13.3. The summed E-state index contributed by atoms with van der Waals surface area (Å²) in [7, 11) is 2.20. The average molecular weight is 780 g/mol. The van der Waals surface area contributed by atoms with Crippen molar-refractivity contribution in [2.75, 3.05) is 37.0 Å². The van der Waals surface area contributed by atoms with Crippen LogP contribution < -0.4 is 30.8 Å². The second kappa shape index (κ2) is 14.8. The highest BCUT2D eigenvalue weighted by molar-refractivity contribution is 6.09. The van der Waals surface area contributed by atoms with E-state index >= 15 is 0 Å². The van der Waals surface area contributed by atoms with Crippen LogP contribution in [0, 0.1) is 5.92 Å². The molecular weight excluding hydrogens is 739 g/mol. The Morgan fingerprint density at radius 2 is 1.93 bits per heavy atom. The van der Waals surface area contributed by atoms with Crippen LogP contribution in [0.4, 0.5) is 20.2 Å². The molecule has 2 N–H and O–H groups in total. The number of carbonyl (C=O) groups excluding carboxylic acids is 4. The molecule has 4 aliphatic heterocycles. The molecule has 15 nitrogen and oxygen atoms in total. The van der Waals surface area contributed by atoms with E-state index in [1.54, 1.807) is 40.2 Å². The van der Waals surface area contributed by atoms with Gasteiger partial charge in [-0.15, -0.1) is 0 Å². The van der Waals surface area contributed by atoms with Gasteiger partial charge in [0, 0.05) is 78.9 Å². The zero-order chi connectivity index (χ0) is 39.4. The Morgan fingerprint density at radius 1 is 1.11 bits per heavy atom. The van der Waals surface area contributed by atoms with Crippen molar-refractivity contribution >= 4 is 53.1 Å². The molecule has 0 radical (unpaired) electrons. The van der Waals surface area contributed by atoms with Gasteiger partial charge < -0.3 is 19.9 Å². The van der Waals surface area contributed by atoms with Gasteiger partial charge in [-0.1, -0.05) is 4.68 Å². The van der Waals surface area contributed by atoms with Gasteiger partial charge in [0.05, 0.1) is 17.1 Å². The van der Waals surface area contributed by atoms with Crippen molar-refractivity contribution in [1.82, 2.24) is 29.7 Å². The number of benzene rings is 2. The highest BCUT2D eigenvalue weighted by Crippen LogP contribution is 2.34. The fraction of sp³-hybridized carbons (Fsp3) is 0.400. The second-order valence-electron chi connectivity index (χ2n) is 15.3. The number of carbonyl (C=O) groups is 4. The molecule has 1 saturated carbocycles. The van der Waals surface area contributed by atoms with E-state index < -0.39 is 30.9 Å². The summed E-state index contributed by atoms with van der Waals surface area (Å²) in [5.41, 5.74) is 3.42. The van der Waals surface area contributed by atoms with Crippen LogP contribution in [0.2, 0.25) is 0 Å². The number of aromatic nitrogens is 3. The molecule has 0 bridgehead atoms. The number of alkyl halides is 2. The second-order valence-corrected chi connectivity index (χ2v) is 15.3. The van der Waals surface area contributed by atoms with Crippen molar-refractivity contribution < 1.29 is 37.4 Å². The third-order valence-electron chi connectivity index (χ3n) is 11.8. The van der Waals surface area contributed by atoms with Crippen molar-refractivity contribution in [1.29, 1.82) is 0 Å². The third-order valence-corrected chi connectivity index (χ3v) is 11.8. The fourth-order valence-corrected chi connectivity index (χ4v) is 8.55. The summed E-state index contributed by atoms with van der Waals surface area (Å²) >= 11 is 0. The van der Waals surface area contributed by atoms with E-state index in [1.165, 1.54) is 10.7 Å². The molecule has 4 aromatic rings. The fourth-order valence-electron chi connectivity index (χ4n) is 8.55. The summed E-state index contributed by atoms with van der Waals surface area (Å²) in [6, 6.07) is 11.1. The lowest BCUT2D eigenvalue weighted by molar-refractivity contribution is -0.424. The van der Waals surface area contributed by atoms with Crippen LogP contribution in [-0.2, 0) is 16.1 Å². The molecule has 9 rings (SSSR count). The molecule has 2 aromatic heterocycles. The summed E-state index contributed by atoms with van der Waals surface area (Å²) < 4.78 is 35.0. The number of nitrogens with zero attached hydrogens (tertiary/aromatic N) is 8. The van der Waals surface area contributed by atoms with E-state index in [-0.39, 0.29) is 35.2 Å². The Hall–Kier alpha value is -6.10. The molecule has 57 heavy (non-hydrogen) atoms. The number of hydrogen-bond donors (Lipinski definition) is 2. The highest BCUT2D eigenvalue weighted by atomic mass is 19.3. The Morgan fingerprint density at radius 3 is 2.72 bits per heavy atom. The molecule has 2 saturated heterocycles. The first kappa shape index (κ1) is 36.5. The molecule has 2 aromatic carbocycles. The molecule has 4 amide bonds. The summed E-state index contributed by atoms with van der Waals surface area (Å²) in [4.78, 5) is 61.1. The number of halogens is 2. The van der Waals surface area contributed by atoms with Gasteiger partial charge in [0.2, 0.25) is 18.0 Å². The maximum absolute atomic E-state index is 13.3. The van der Waals surface area contributed by atoms with Crippen LogP contribution >= 0.6 is 0 Å². The van der Waals surface area contributed by atoms with Crippen molar-refractivity contribution in [3.63, 3.8) is 0 Å². The predicted octanol–water partition coefficient (Wildman–Crippen LogP) is 2.14. The van der Waals surface area contributed by atoms with Crippen molar-refractivity contribution in [2.45, 2.75) is 69.6 Å². The molecule has 0 spiro atoms. The number of rotatable bonds is 10. The number of piperidine rings is 1. The lowest BCUT2D eigenvalue weighted by Crippen LogP contribution is -2.61. The lowest BCUT2D eigenvalue weighted by Gasteiger charge is -2.49. The number of imide groups is 1. The van der Waals surface area contributed by atoms with E-state index in [0.29, 0.717) is 52.8 Å². The van der Waals surface area contributed by atoms with Crippen molar-refractivity contribution in [2.24, 2.45) is 11.0 Å². The molecule has 17 heteroatoms. The molecular formula is C40H41F2N10O5+. The Kier molecular flexibility index (Phi) is 9.46. The summed E-state index contributed by atoms with van der Waals surface area (Å²) in [5, 5.41) is 15.3. The number of likely N-dealkylation sites (N-methyl/N-ethyl adjacent to an activating group) is 1. The molecule has 1 unspecified atom stereocenters. The minimum absolute atomic E-state index is 0.0895. The first-order valence-corrected chi connectivity index (χ1v) is 19.2. The summed E-state index contributed by atoms with van der Waals surface area (Å²) in [6.07, 6.45) is 10.5. The van der Waals surface area contributed by atoms with E-state index in [9.17, 15) is 28.0 Å². The number of ether oxygens (including phenoxy) is 1. The van der Waals surface area contributed by atoms with E-state index in [0.717, 1.165) is 50.0 Å². The average Bonchev–Trinajstić information content (AvgIpc) is 3.88. The number of anilines is 2. The van der Waals surface area contributed by atoms with Crippen LogP contribution in [0.25, 0.3) is 11.8 Å². The van der Waals surface area contributed by atoms with Gasteiger partial charge in [-0.3, -0.25) is 29.4 Å². The number of hydrogen-bond acceptors (Lipinski definition) is 10. The quantitative estimate of drug-likeness (QED) is 0.182. The van der Waals surface area contributed by atoms with Crippen LogP contribution in [0.3, 0.4) is 0 Å². The zero-order valence-corrected chi connectivity index (χ0v) is 31.2. The number of fused-ring (bicyclic) bond motifs is 3. The van der Waals surface area contributed by atoms with Gasteiger partial charge in [-0.25, -0.2) is 18.3 Å². The van der Waals surface area contributed by atoms with Crippen molar-refractivity contribution in [3.05, 3.63) is 82.3 Å². The minimum Gasteiger partial charge on any atom is -0.485 e. The molecule has 294 valence electrons. The van der Waals surface area contributed by atoms with Crippen molar-refractivity contribution in [3.8, 4) is 5.75 Å². The topological polar surface area (TPSA) is 157 Å². The first-order chi connectivity index (χ1) is 27.6. The Bertz CT molecular complexity index is 2460. The first-order valence-electron chi connectivity index (χ1n) is 19.2. The van der Waals surface area contributed by atoms with Gasteiger partial charge in [-0.2, -0.15) is 5.10 Å². The van der Waals surface area contributed by atoms with Crippen LogP contribution in [0.1, 0.15) is 64.8 Å². The predicted molar refractivity (Wildman–Crippen MR) is 202 cm³/mol.